The molecule has 3 heteroatoms. The molecule has 0 saturated heterocycles. The molecule has 0 amide bonds. The lowest BCUT2D eigenvalue weighted by Gasteiger charge is -2.32. The molecule has 2 heterocycles. The van der Waals surface area contributed by atoms with Crippen molar-refractivity contribution in [1.29, 1.82) is 0 Å². The number of benzene rings is 1. The molecule has 3 rings (SSSR count). The van der Waals surface area contributed by atoms with E-state index in [0.29, 0.717) is 0 Å². The molecule has 1 aliphatic heterocycles. The Morgan fingerprint density at radius 2 is 1.95 bits per heavy atom. The molecule has 1 aromatic carbocycles. The Hall–Kier alpha value is -1.45. The van der Waals surface area contributed by atoms with E-state index in [9.17, 15) is 5.11 Å². The van der Waals surface area contributed by atoms with Gasteiger partial charge >= 0.3 is 0 Å². The van der Waals surface area contributed by atoms with Gasteiger partial charge in [0, 0.05) is 30.6 Å². The molecule has 1 aromatic heterocycles. The van der Waals surface area contributed by atoms with Crippen molar-refractivity contribution < 1.29 is 5.11 Å². The van der Waals surface area contributed by atoms with Gasteiger partial charge in [-0.2, -0.15) is 0 Å². The Morgan fingerprint density at radius 1 is 1.24 bits per heavy atom. The van der Waals surface area contributed by atoms with Crippen LogP contribution in [0.4, 0.5) is 0 Å². The number of hydrogen-bond donors (Lipinski definition) is 1. The second kappa shape index (κ2) is 4.79. The van der Waals surface area contributed by atoms with E-state index in [1.165, 1.54) is 16.7 Å². The highest BCUT2D eigenvalue weighted by Crippen LogP contribution is 2.36. The average molecular weight is 284 g/mol. The van der Waals surface area contributed by atoms with Gasteiger partial charge in [0.2, 0.25) is 0 Å². The van der Waals surface area contributed by atoms with Gasteiger partial charge in [0.05, 0.1) is 11.1 Å². The number of hydrogen-bond acceptors (Lipinski definition) is 3. The fourth-order valence-electron chi connectivity index (χ4n) is 3.38. The minimum absolute atomic E-state index is 0.856. The van der Waals surface area contributed by atoms with Crippen LogP contribution in [0.25, 0.3) is 10.9 Å². The first-order chi connectivity index (χ1) is 9.79. The number of nitrogens with zero attached hydrogens (tertiary/aromatic N) is 2. The molecule has 21 heavy (non-hydrogen) atoms. The van der Waals surface area contributed by atoms with Crippen molar-refractivity contribution in [2.24, 2.45) is 0 Å². The van der Waals surface area contributed by atoms with Gasteiger partial charge < -0.3 is 10.0 Å². The van der Waals surface area contributed by atoms with E-state index in [0.717, 1.165) is 41.7 Å². The van der Waals surface area contributed by atoms with Crippen LogP contribution in [0.3, 0.4) is 0 Å². The molecule has 0 radical (unpaired) electrons. The zero-order chi connectivity index (χ0) is 15.4. The van der Waals surface area contributed by atoms with Crippen LogP contribution in [-0.2, 0) is 18.6 Å². The number of aromatic nitrogens is 1. The maximum Gasteiger partial charge on any atom is 0.0850 e. The van der Waals surface area contributed by atoms with E-state index in [4.69, 9.17) is 4.98 Å². The average Bonchev–Trinajstić information content (AvgIpc) is 2.39. The summed E-state index contributed by atoms with van der Waals surface area (Å²) in [6.45, 7) is 9.90. The van der Waals surface area contributed by atoms with E-state index in [-0.39, 0.29) is 0 Å². The van der Waals surface area contributed by atoms with Crippen molar-refractivity contribution in [2.75, 3.05) is 13.6 Å². The van der Waals surface area contributed by atoms with Gasteiger partial charge in [-0.1, -0.05) is 12.1 Å². The normalized spacial score (nSPS) is 16.3. The summed E-state index contributed by atoms with van der Waals surface area (Å²) in [6, 6.07) is 4.25. The van der Waals surface area contributed by atoms with E-state index in [2.05, 4.69) is 37.9 Å². The lowest BCUT2D eigenvalue weighted by atomic mass is 9.85. The largest absolute Gasteiger partial charge is 0.386 e. The predicted octanol–water partition coefficient (Wildman–Crippen LogP) is 3.07. The summed E-state index contributed by atoms with van der Waals surface area (Å²) in [6.07, 6.45) is 0.957. The Kier molecular flexibility index (Phi) is 3.30. The van der Waals surface area contributed by atoms with Gasteiger partial charge in [-0.25, -0.2) is 0 Å². The van der Waals surface area contributed by atoms with Crippen LogP contribution < -0.4 is 0 Å². The van der Waals surface area contributed by atoms with Crippen LogP contribution in [0.2, 0.25) is 0 Å². The minimum Gasteiger partial charge on any atom is -0.386 e. The van der Waals surface area contributed by atoms with Gasteiger partial charge in [-0.05, 0) is 57.0 Å². The van der Waals surface area contributed by atoms with Crippen molar-refractivity contribution in [2.45, 2.75) is 46.3 Å². The SMILES string of the molecule is Cc1ccc2c(C(C)(C)O)c3c(nc2c1C)CCN(C)C3. The quantitative estimate of drug-likeness (QED) is 0.874. The van der Waals surface area contributed by atoms with Crippen molar-refractivity contribution in [1.82, 2.24) is 9.88 Å². The summed E-state index contributed by atoms with van der Waals surface area (Å²) in [7, 11) is 2.13. The highest BCUT2D eigenvalue weighted by atomic mass is 16.3. The molecule has 0 fully saturated rings. The fraction of sp³-hybridized carbons (Fsp3) is 0.500. The van der Waals surface area contributed by atoms with E-state index < -0.39 is 5.60 Å². The highest BCUT2D eigenvalue weighted by molar-refractivity contribution is 5.88. The monoisotopic (exact) mass is 284 g/mol. The molecule has 1 N–H and O–H groups in total. The lowest BCUT2D eigenvalue weighted by molar-refractivity contribution is 0.0778. The summed E-state index contributed by atoms with van der Waals surface area (Å²) in [5, 5.41) is 11.8. The van der Waals surface area contributed by atoms with Gasteiger partial charge in [0.25, 0.3) is 0 Å². The molecule has 0 aliphatic carbocycles. The smallest absolute Gasteiger partial charge is 0.0850 e. The van der Waals surface area contributed by atoms with Crippen molar-refractivity contribution >= 4 is 10.9 Å². The molecule has 0 unspecified atom stereocenters. The second-order valence-corrected chi connectivity index (χ2v) is 6.86. The number of aliphatic hydroxyl groups is 1. The van der Waals surface area contributed by atoms with E-state index in [1.807, 2.05) is 13.8 Å². The van der Waals surface area contributed by atoms with Crippen LogP contribution in [0, 0.1) is 13.8 Å². The lowest BCUT2D eigenvalue weighted by Crippen LogP contribution is -2.31. The molecule has 3 nitrogen and oxygen atoms in total. The minimum atomic E-state index is -0.856. The number of aryl methyl sites for hydroxylation is 2. The standard InChI is InChI=1S/C18H24N2O/c1-11-6-7-13-16(18(3,4)21)14-10-20(5)9-8-15(14)19-17(13)12(11)2/h6-7,21H,8-10H2,1-5H3. The molecule has 2 aromatic rings. The molecule has 0 spiro atoms. The van der Waals surface area contributed by atoms with Crippen LogP contribution in [-0.4, -0.2) is 28.6 Å². The third-order valence-corrected chi connectivity index (χ3v) is 4.64. The van der Waals surface area contributed by atoms with E-state index >= 15 is 0 Å². The van der Waals surface area contributed by atoms with Crippen molar-refractivity contribution in [3.8, 4) is 0 Å². The molecular formula is C18H24N2O. The third kappa shape index (κ3) is 2.34. The van der Waals surface area contributed by atoms with Crippen LogP contribution >= 0.6 is 0 Å². The van der Waals surface area contributed by atoms with Gasteiger partial charge in [0.15, 0.2) is 0 Å². The molecule has 1 aliphatic rings. The first-order valence-electron chi connectivity index (χ1n) is 7.62. The Balaban J connectivity index is 2.43. The first kappa shape index (κ1) is 14.5. The highest BCUT2D eigenvalue weighted by Gasteiger charge is 2.29. The summed E-state index contributed by atoms with van der Waals surface area (Å²) in [4.78, 5) is 7.24. The van der Waals surface area contributed by atoms with Crippen molar-refractivity contribution in [3.05, 3.63) is 40.1 Å². The summed E-state index contributed by atoms with van der Waals surface area (Å²) >= 11 is 0. The van der Waals surface area contributed by atoms with Gasteiger partial charge in [-0.3, -0.25) is 4.98 Å². The maximum absolute atomic E-state index is 10.7. The maximum atomic E-state index is 10.7. The van der Waals surface area contributed by atoms with Gasteiger partial charge in [0.1, 0.15) is 0 Å². The van der Waals surface area contributed by atoms with Crippen LogP contribution in [0.1, 0.15) is 41.8 Å². The topological polar surface area (TPSA) is 36.4 Å². The summed E-state index contributed by atoms with van der Waals surface area (Å²) in [5.41, 5.74) is 6.10. The Bertz CT molecular complexity index is 713. The molecule has 0 bridgehead atoms. The molecule has 112 valence electrons. The molecule has 0 saturated carbocycles. The van der Waals surface area contributed by atoms with Gasteiger partial charge in [-0.15, -0.1) is 0 Å². The zero-order valence-corrected chi connectivity index (χ0v) is 13.6. The molecular weight excluding hydrogens is 260 g/mol. The van der Waals surface area contributed by atoms with Crippen LogP contribution in [0.5, 0.6) is 0 Å². The number of likely N-dealkylation sites (N-methyl/N-ethyl adjacent to an activating group) is 1. The zero-order valence-electron chi connectivity index (χ0n) is 13.6. The van der Waals surface area contributed by atoms with Crippen LogP contribution in [0.15, 0.2) is 12.1 Å². The summed E-state index contributed by atoms with van der Waals surface area (Å²) in [5.74, 6) is 0. The van der Waals surface area contributed by atoms with E-state index in [1.54, 1.807) is 0 Å². The number of fused-ring (bicyclic) bond motifs is 2. The second-order valence-electron chi connectivity index (χ2n) is 6.86. The summed E-state index contributed by atoms with van der Waals surface area (Å²) < 4.78 is 0. The predicted molar refractivity (Wildman–Crippen MR) is 86.5 cm³/mol. The first-order valence-corrected chi connectivity index (χ1v) is 7.62. The van der Waals surface area contributed by atoms with Crippen molar-refractivity contribution in [3.63, 3.8) is 0 Å². The number of pyridine rings is 1. The fourth-order valence-corrected chi connectivity index (χ4v) is 3.38. The Labute approximate surface area is 126 Å². The molecule has 0 atom stereocenters. The third-order valence-electron chi connectivity index (χ3n) is 4.64. The Morgan fingerprint density at radius 3 is 2.62 bits per heavy atom. The number of rotatable bonds is 1.